The Morgan fingerprint density at radius 2 is 2.09 bits per heavy atom. The predicted octanol–water partition coefficient (Wildman–Crippen LogP) is 1.97. The van der Waals surface area contributed by atoms with Gasteiger partial charge in [-0.05, 0) is 25.0 Å². The van der Waals surface area contributed by atoms with E-state index >= 15 is 0 Å². The highest BCUT2D eigenvalue weighted by Gasteiger charge is 2.35. The predicted molar refractivity (Wildman–Crippen MR) is 81.6 cm³/mol. The molecule has 1 fully saturated rings. The summed E-state index contributed by atoms with van der Waals surface area (Å²) in [4.78, 5) is 13.0. The lowest BCUT2D eigenvalue weighted by molar-refractivity contribution is -0.134. The molecule has 122 valence electrons. The molecule has 0 bridgehead atoms. The topological polar surface area (TPSA) is 57.7 Å². The molecule has 1 aromatic rings. The molecule has 1 atom stereocenters. The molecule has 1 aliphatic rings. The number of carbonyl (C=O) groups is 1. The standard InChI is InChI=1S/C14H18ClFN2O3S/c1-17(2)14(19)10-5-4-8-18(9-10)22(20,21)12-7-3-6-11(15)13(12)16/h3,6-7,10H,4-5,8-9H2,1-2H3/t10-/m1/s1. The highest BCUT2D eigenvalue weighted by atomic mass is 35.5. The van der Waals surface area contributed by atoms with Crippen LogP contribution in [0.5, 0.6) is 0 Å². The Morgan fingerprint density at radius 1 is 1.41 bits per heavy atom. The van der Waals surface area contributed by atoms with Crippen molar-refractivity contribution in [2.75, 3.05) is 27.2 Å². The average Bonchev–Trinajstić information content (AvgIpc) is 2.49. The smallest absolute Gasteiger partial charge is 0.246 e. The minimum atomic E-state index is -4.00. The number of rotatable bonds is 3. The molecule has 5 nitrogen and oxygen atoms in total. The lowest BCUT2D eigenvalue weighted by atomic mass is 9.98. The van der Waals surface area contributed by atoms with Gasteiger partial charge in [0.15, 0.2) is 5.82 Å². The van der Waals surface area contributed by atoms with E-state index in [1.54, 1.807) is 14.1 Å². The summed E-state index contributed by atoms with van der Waals surface area (Å²) >= 11 is 5.66. The molecule has 0 unspecified atom stereocenters. The van der Waals surface area contributed by atoms with Gasteiger partial charge in [0.05, 0.1) is 10.9 Å². The number of piperidine rings is 1. The Balaban J connectivity index is 2.30. The molecule has 22 heavy (non-hydrogen) atoms. The molecule has 0 aliphatic carbocycles. The Morgan fingerprint density at radius 3 is 2.73 bits per heavy atom. The lowest BCUT2D eigenvalue weighted by Gasteiger charge is -2.32. The summed E-state index contributed by atoms with van der Waals surface area (Å²) in [6, 6.07) is 3.88. The first-order valence-corrected chi connectivity index (χ1v) is 8.72. The van der Waals surface area contributed by atoms with Crippen LogP contribution in [0.4, 0.5) is 4.39 Å². The third-order valence-corrected chi connectivity index (χ3v) is 5.88. The van der Waals surface area contributed by atoms with Crippen LogP contribution in [0.2, 0.25) is 5.02 Å². The Bertz CT molecular complexity index is 679. The fourth-order valence-electron chi connectivity index (χ4n) is 2.55. The van der Waals surface area contributed by atoms with Crippen molar-refractivity contribution in [2.24, 2.45) is 5.92 Å². The first-order valence-electron chi connectivity index (χ1n) is 6.90. The maximum Gasteiger partial charge on any atom is 0.246 e. The molecule has 1 aliphatic heterocycles. The van der Waals surface area contributed by atoms with Gasteiger partial charge in [0.25, 0.3) is 0 Å². The van der Waals surface area contributed by atoms with Crippen molar-refractivity contribution in [3.05, 3.63) is 29.0 Å². The highest BCUT2D eigenvalue weighted by molar-refractivity contribution is 7.89. The quantitative estimate of drug-likeness (QED) is 0.839. The summed E-state index contributed by atoms with van der Waals surface area (Å²) in [5.41, 5.74) is 0. The van der Waals surface area contributed by atoms with E-state index in [1.165, 1.54) is 23.1 Å². The maximum atomic E-state index is 14.0. The summed E-state index contributed by atoms with van der Waals surface area (Å²) in [6.45, 7) is 0.330. The summed E-state index contributed by atoms with van der Waals surface area (Å²) in [7, 11) is -0.741. The van der Waals surface area contributed by atoms with E-state index in [9.17, 15) is 17.6 Å². The summed E-state index contributed by atoms with van der Waals surface area (Å²) in [5, 5.41) is -0.237. The van der Waals surface area contributed by atoms with Gasteiger partial charge in [-0.2, -0.15) is 4.31 Å². The van der Waals surface area contributed by atoms with Crippen LogP contribution in [0, 0.1) is 11.7 Å². The van der Waals surface area contributed by atoms with E-state index in [0.717, 1.165) is 4.31 Å². The van der Waals surface area contributed by atoms with Crippen LogP contribution >= 0.6 is 11.6 Å². The fourth-order valence-corrected chi connectivity index (χ4v) is 4.39. The molecule has 2 rings (SSSR count). The zero-order chi connectivity index (χ0) is 16.5. The molecule has 0 radical (unpaired) electrons. The molecule has 1 heterocycles. The van der Waals surface area contributed by atoms with E-state index < -0.39 is 26.7 Å². The van der Waals surface area contributed by atoms with Gasteiger partial charge >= 0.3 is 0 Å². The molecule has 1 aromatic carbocycles. The largest absolute Gasteiger partial charge is 0.349 e. The SMILES string of the molecule is CN(C)C(=O)[C@@H]1CCCN(S(=O)(=O)c2cccc(Cl)c2F)C1. The second-order valence-corrected chi connectivity index (χ2v) is 7.80. The number of sulfonamides is 1. The van der Waals surface area contributed by atoms with Gasteiger partial charge < -0.3 is 4.90 Å². The number of hydrogen-bond acceptors (Lipinski definition) is 3. The fraction of sp³-hybridized carbons (Fsp3) is 0.500. The number of halogens is 2. The minimum absolute atomic E-state index is 0.0608. The summed E-state index contributed by atoms with van der Waals surface area (Å²) in [6.07, 6.45) is 1.19. The van der Waals surface area contributed by atoms with Crippen LogP contribution in [-0.2, 0) is 14.8 Å². The van der Waals surface area contributed by atoms with Crippen molar-refractivity contribution in [1.82, 2.24) is 9.21 Å². The number of amides is 1. The third-order valence-electron chi connectivity index (χ3n) is 3.71. The minimum Gasteiger partial charge on any atom is -0.349 e. The van der Waals surface area contributed by atoms with E-state index in [1.807, 2.05) is 0 Å². The van der Waals surface area contributed by atoms with Crippen LogP contribution in [-0.4, -0.2) is 50.7 Å². The summed E-state index contributed by atoms with van der Waals surface area (Å²) < 4.78 is 40.4. The number of nitrogens with zero attached hydrogens (tertiary/aromatic N) is 2. The normalized spacial score (nSPS) is 19.9. The van der Waals surface area contributed by atoms with Crippen LogP contribution in [0.3, 0.4) is 0 Å². The Labute approximate surface area is 134 Å². The van der Waals surface area contributed by atoms with Gasteiger partial charge in [-0.3, -0.25) is 4.79 Å². The second kappa shape index (κ2) is 6.52. The molecule has 0 spiro atoms. The van der Waals surface area contributed by atoms with Gasteiger partial charge in [0.2, 0.25) is 15.9 Å². The average molecular weight is 349 g/mol. The van der Waals surface area contributed by atoms with Crippen molar-refractivity contribution in [3.8, 4) is 0 Å². The van der Waals surface area contributed by atoms with Crippen molar-refractivity contribution < 1.29 is 17.6 Å². The number of carbonyl (C=O) groups excluding carboxylic acids is 1. The maximum absolute atomic E-state index is 14.0. The molecule has 8 heteroatoms. The molecular formula is C14H18ClFN2O3S. The van der Waals surface area contributed by atoms with Crippen LogP contribution in [0.25, 0.3) is 0 Å². The summed E-state index contributed by atoms with van der Waals surface area (Å²) in [5.74, 6) is -1.47. The van der Waals surface area contributed by atoms with Crippen molar-refractivity contribution in [1.29, 1.82) is 0 Å². The number of hydrogen-bond donors (Lipinski definition) is 0. The Kier molecular flexibility index (Phi) is 5.09. The van der Waals surface area contributed by atoms with Gasteiger partial charge in [0.1, 0.15) is 4.90 Å². The van der Waals surface area contributed by atoms with Crippen LogP contribution < -0.4 is 0 Å². The second-order valence-electron chi connectivity index (χ2n) is 5.49. The Hall–Kier alpha value is -1.18. The number of benzene rings is 1. The van der Waals surface area contributed by atoms with Crippen LogP contribution in [0.1, 0.15) is 12.8 Å². The van der Waals surface area contributed by atoms with Gasteiger partial charge in [-0.15, -0.1) is 0 Å². The zero-order valence-electron chi connectivity index (χ0n) is 12.4. The molecule has 1 saturated heterocycles. The molecular weight excluding hydrogens is 331 g/mol. The van der Waals surface area contributed by atoms with Crippen molar-refractivity contribution >= 4 is 27.5 Å². The highest BCUT2D eigenvalue weighted by Crippen LogP contribution is 2.28. The van der Waals surface area contributed by atoms with Gasteiger partial charge in [-0.1, -0.05) is 17.7 Å². The van der Waals surface area contributed by atoms with E-state index in [2.05, 4.69) is 0 Å². The van der Waals surface area contributed by atoms with Gasteiger partial charge in [0, 0.05) is 27.2 Å². The van der Waals surface area contributed by atoms with E-state index in [-0.39, 0.29) is 24.0 Å². The molecule has 0 aromatic heterocycles. The van der Waals surface area contributed by atoms with E-state index in [0.29, 0.717) is 12.8 Å². The molecule has 1 amide bonds. The first-order chi connectivity index (χ1) is 10.2. The van der Waals surface area contributed by atoms with Crippen molar-refractivity contribution in [2.45, 2.75) is 17.7 Å². The van der Waals surface area contributed by atoms with E-state index in [4.69, 9.17) is 11.6 Å². The first kappa shape index (κ1) is 17.2. The monoisotopic (exact) mass is 348 g/mol. The molecule has 0 N–H and O–H groups in total. The van der Waals surface area contributed by atoms with Gasteiger partial charge in [-0.25, -0.2) is 12.8 Å². The lowest BCUT2D eigenvalue weighted by Crippen LogP contribution is -2.45. The van der Waals surface area contributed by atoms with Crippen molar-refractivity contribution in [3.63, 3.8) is 0 Å². The third kappa shape index (κ3) is 3.26. The zero-order valence-corrected chi connectivity index (χ0v) is 14.0. The molecule has 0 saturated carbocycles. The van der Waals surface area contributed by atoms with Crippen LogP contribution in [0.15, 0.2) is 23.1 Å².